The fraction of sp³-hybridized carbons (Fsp3) is 0.188. The Morgan fingerprint density at radius 1 is 1.16 bits per heavy atom. The van der Waals surface area contributed by atoms with Crippen molar-refractivity contribution in [1.82, 2.24) is 5.32 Å². The van der Waals surface area contributed by atoms with Gasteiger partial charge in [0.1, 0.15) is 0 Å². The zero-order valence-corrected chi connectivity index (χ0v) is 11.2. The lowest BCUT2D eigenvalue weighted by atomic mass is 10.1. The smallest absolute Gasteiger partial charge is 0.252 e. The van der Waals surface area contributed by atoms with Crippen molar-refractivity contribution in [3.63, 3.8) is 0 Å². The molecule has 0 aromatic heterocycles. The molecular formula is C16H18N2O. The molecule has 0 aliphatic heterocycles. The molecule has 19 heavy (non-hydrogen) atoms. The number of amides is 1. The number of hydrogen-bond acceptors (Lipinski definition) is 2. The quantitative estimate of drug-likeness (QED) is 0.827. The number of aryl methyl sites for hydroxylation is 1. The summed E-state index contributed by atoms with van der Waals surface area (Å²) in [5.41, 5.74) is 9.13. The maximum absolute atomic E-state index is 12.2. The zero-order valence-electron chi connectivity index (χ0n) is 11.2. The highest BCUT2D eigenvalue weighted by molar-refractivity contribution is 5.95. The van der Waals surface area contributed by atoms with Gasteiger partial charge in [-0.15, -0.1) is 0 Å². The van der Waals surface area contributed by atoms with Gasteiger partial charge in [0.05, 0.1) is 6.04 Å². The van der Waals surface area contributed by atoms with Crippen molar-refractivity contribution in [1.29, 1.82) is 0 Å². The van der Waals surface area contributed by atoms with E-state index in [9.17, 15) is 4.79 Å². The van der Waals surface area contributed by atoms with Crippen LogP contribution >= 0.6 is 0 Å². The molecule has 0 radical (unpaired) electrons. The van der Waals surface area contributed by atoms with E-state index < -0.39 is 0 Å². The Morgan fingerprint density at radius 3 is 2.58 bits per heavy atom. The van der Waals surface area contributed by atoms with Gasteiger partial charge in [0.15, 0.2) is 0 Å². The lowest BCUT2D eigenvalue weighted by Gasteiger charge is -2.15. The Hall–Kier alpha value is -2.29. The first kappa shape index (κ1) is 13.1. The summed E-state index contributed by atoms with van der Waals surface area (Å²) in [5.74, 6) is -0.0620. The molecule has 1 amide bonds. The lowest BCUT2D eigenvalue weighted by molar-refractivity contribution is 0.0939. The lowest BCUT2D eigenvalue weighted by Crippen LogP contribution is -2.27. The van der Waals surface area contributed by atoms with E-state index in [1.807, 2.05) is 62.4 Å². The summed E-state index contributed by atoms with van der Waals surface area (Å²) >= 11 is 0. The molecule has 0 saturated heterocycles. The molecule has 2 aromatic carbocycles. The molecule has 0 aliphatic rings. The summed E-state index contributed by atoms with van der Waals surface area (Å²) < 4.78 is 0. The summed E-state index contributed by atoms with van der Waals surface area (Å²) in [6.07, 6.45) is 0. The van der Waals surface area contributed by atoms with Crippen LogP contribution in [0.25, 0.3) is 0 Å². The minimum atomic E-state index is -0.0735. The molecule has 0 saturated carbocycles. The predicted octanol–water partition coefficient (Wildman–Crippen LogP) is 3.07. The first-order chi connectivity index (χ1) is 9.08. The maximum Gasteiger partial charge on any atom is 0.252 e. The van der Waals surface area contributed by atoms with E-state index in [2.05, 4.69) is 5.32 Å². The Morgan fingerprint density at radius 2 is 1.89 bits per heavy atom. The van der Waals surface area contributed by atoms with E-state index in [-0.39, 0.29) is 11.9 Å². The standard InChI is InChI=1S/C16H18N2O/c1-11-6-3-4-9-15(11)16(19)18-12(2)13-7-5-8-14(17)10-13/h3-10,12H,17H2,1-2H3,(H,18,19). The van der Waals surface area contributed by atoms with Gasteiger partial charge in [-0.1, -0.05) is 30.3 Å². The van der Waals surface area contributed by atoms with Gasteiger partial charge >= 0.3 is 0 Å². The predicted molar refractivity (Wildman–Crippen MR) is 77.9 cm³/mol. The van der Waals surface area contributed by atoms with Crippen molar-refractivity contribution in [3.8, 4) is 0 Å². The van der Waals surface area contributed by atoms with Crippen LogP contribution < -0.4 is 11.1 Å². The van der Waals surface area contributed by atoms with Gasteiger partial charge in [0, 0.05) is 11.3 Å². The van der Waals surface area contributed by atoms with Crippen molar-refractivity contribution in [2.45, 2.75) is 19.9 Å². The summed E-state index contributed by atoms with van der Waals surface area (Å²) in [6, 6.07) is 15.0. The van der Waals surface area contributed by atoms with E-state index >= 15 is 0 Å². The summed E-state index contributed by atoms with van der Waals surface area (Å²) in [6.45, 7) is 3.88. The second-order valence-corrected chi connectivity index (χ2v) is 4.68. The molecule has 0 bridgehead atoms. The van der Waals surface area contributed by atoms with Crippen LogP contribution in [0.4, 0.5) is 5.69 Å². The van der Waals surface area contributed by atoms with Crippen LogP contribution in [0.2, 0.25) is 0 Å². The molecule has 3 N–H and O–H groups in total. The molecule has 1 atom stereocenters. The second kappa shape index (κ2) is 5.57. The van der Waals surface area contributed by atoms with Gasteiger partial charge < -0.3 is 11.1 Å². The van der Waals surface area contributed by atoms with Gasteiger partial charge in [0.25, 0.3) is 5.91 Å². The maximum atomic E-state index is 12.2. The molecule has 1 unspecified atom stereocenters. The molecule has 0 fully saturated rings. The van der Waals surface area contributed by atoms with Crippen molar-refractivity contribution >= 4 is 11.6 Å². The highest BCUT2D eigenvalue weighted by atomic mass is 16.1. The molecule has 0 heterocycles. The van der Waals surface area contributed by atoms with Crippen LogP contribution in [0.1, 0.15) is 34.5 Å². The summed E-state index contributed by atoms with van der Waals surface area (Å²) in [7, 11) is 0. The Kier molecular flexibility index (Phi) is 3.85. The molecule has 2 rings (SSSR count). The largest absolute Gasteiger partial charge is 0.399 e. The van der Waals surface area contributed by atoms with Gasteiger partial charge in [-0.25, -0.2) is 0 Å². The van der Waals surface area contributed by atoms with Crippen LogP contribution in [-0.2, 0) is 0 Å². The monoisotopic (exact) mass is 254 g/mol. The Labute approximate surface area is 113 Å². The topological polar surface area (TPSA) is 55.1 Å². The van der Waals surface area contributed by atoms with Crippen molar-refractivity contribution in [2.75, 3.05) is 5.73 Å². The summed E-state index contributed by atoms with van der Waals surface area (Å²) in [4.78, 5) is 12.2. The fourth-order valence-corrected chi connectivity index (χ4v) is 2.01. The van der Waals surface area contributed by atoms with Crippen LogP contribution in [-0.4, -0.2) is 5.91 Å². The first-order valence-electron chi connectivity index (χ1n) is 6.30. The summed E-state index contributed by atoms with van der Waals surface area (Å²) in [5, 5.41) is 2.99. The Bertz CT molecular complexity index is 593. The van der Waals surface area contributed by atoms with Crippen molar-refractivity contribution < 1.29 is 4.79 Å². The number of rotatable bonds is 3. The highest BCUT2D eigenvalue weighted by Crippen LogP contribution is 2.16. The van der Waals surface area contributed by atoms with E-state index in [1.165, 1.54) is 0 Å². The first-order valence-corrected chi connectivity index (χ1v) is 6.30. The Balaban J connectivity index is 2.13. The molecular weight excluding hydrogens is 236 g/mol. The number of hydrogen-bond donors (Lipinski definition) is 2. The van der Waals surface area contributed by atoms with E-state index in [1.54, 1.807) is 0 Å². The number of anilines is 1. The van der Waals surface area contributed by atoms with Gasteiger partial charge in [-0.2, -0.15) is 0 Å². The van der Waals surface area contributed by atoms with Crippen LogP contribution in [0.15, 0.2) is 48.5 Å². The minimum Gasteiger partial charge on any atom is -0.399 e. The third-order valence-corrected chi connectivity index (χ3v) is 3.15. The number of carbonyl (C=O) groups is 1. The highest BCUT2D eigenvalue weighted by Gasteiger charge is 2.12. The van der Waals surface area contributed by atoms with E-state index in [0.29, 0.717) is 11.3 Å². The van der Waals surface area contributed by atoms with E-state index in [0.717, 1.165) is 11.1 Å². The third kappa shape index (κ3) is 3.13. The molecule has 3 nitrogen and oxygen atoms in total. The average molecular weight is 254 g/mol. The van der Waals surface area contributed by atoms with Gasteiger partial charge in [-0.05, 0) is 43.2 Å². The van der Waals surface area contributed by atoms with Gasteiger partial charge in [-0.3, -0.25) is 4.79 Å². The molecule has 0 aliphatic carbocycles. The average Bonchev–Trinajstić information content (AvgIpc) is 2.39. The fourth-order valence-electron chi connectivity index (χ4n) is 2.01. The van der Waals surface area contributed by atoms with Crippen LogP contribution in [0.5, 0.6) is 0 Å². The number of benzene rings is 2. The second-order valence-electron chi connectivity index (χ2n) is 4.68. The third-order valence-electron chi connectivity index (χ3n) is 3.15. The van der Waals surface area contributed by atoms with E-state index in [4.69, 9.17) is 5.73 Å². The van der Waals surface area contributed by atoms with Crippen molar-refractivity contribution in [2.24, 2.45) is 0 Å². The molecule has 2 aromatic rings. The molecule has 3 heteroatoms. The number of nitrogen functional groups attached to an aromatic ring is 1. The van der Waals surface area contributed by atoms with Crippen LogP contribution in [0.3, 0.4) is 0 Å². The number of nitrogens with one attached hydrogen (secondary N) is 1. The van der Waals surface area contributed by atoms with Crippen LogP contribution in [0, 0.1) is 6.92 Å². The SMILES string of the molecule is Cc1ccccc1C(=O)NC(C)c1cccc(N)c1. The number of nitrogens with two attached hydrogens (primary N) is 1. The molecule has 98 valence electrons. The molecule has 0 spiro atoms. The van der Waals surface area contributed by atoms with Gasteiger partial charge in [0.2, 0.25) is 0 Å². The van der Waals surface area contributed by atoms with Crippen molar-refractivity contribution in [3.05, 3.63) is 65.2 Å². The zero-order chi connectivity index (χ0) is 13.8. The number of carbonyl (C=O) groups excluding carboxylic acids is 1. The normalized spacial score (nSPS) is 11.9. The minimum absolute atomic E-state index is 0.0620.